The maximum atomic E-state index is 9.33. The van der Waals surface area contributed by atoms with Gasteiger partial charge in [-0.3, -0.25) is 0 Å². The van der Waals surface area contributed by atoms with Crippen LogP contribution in [0.1, 0.15) is 23.5 Å². The van der Waals surface area contributed by atoms with Crippen molar-refractivity contribution in [3.05, 3.63) is 59.7 Å². The summed E-state index contributed by atoms with van der Waals surface area (Å²) in [5, 5.41) is 9.33. The van der Waals surface area contributed by atoms with Crippen LogP contribution in [-0.4, -0.2) is 11.7 Å². The van der Waals surface area contributed by atoms with Crippen LogP contribution in [0.15, 0.2) is 48.5 Å². The van der Waals surface area contributed by atoms with Gasteiger partial charge < -0.3 is 9.84 Å². The Morgan fingerprint density at radius 2 is 1.76 bits per heavy atom. The van der Waals surface area contributed by atoms with E-state index in [9.17, 15) is 5.11 Å². The van der Waals surface area contributed by atoms with Gasteiger partial charge in [-0.2, -0.15) is 0 Å². The average molecular weight is 226 g/mol. The Kier molecular flexibility index (Phi) is 2.48. The van der Waals surface area contributed by atoms with Crippen molar-refractivity contribution in [3.63, 3.8) is 0 Å². The number of hydrogen-bond donors (Lipinski definition) is 1. The summed E-state index contributed by atoms with van der Waals surface area (Å²) >= 11 is 0. The average Bonchev–Trinajstić information content (AvgIpc) is 2.39. The second kappa shape index (κ2) is 4.13. The Labute approximate surface area is 100 Å². The van der Waals surface area contributed by atoms with Gasteiger partial charge in [-0.1, -0.05) is 30.3 Å². The van der Waals surface area contributed by atoms with Gasteiger partial charge in [0.05, 0.1) is 6.61 Å². The molecular weight excluding hydrogens is 212 g/mol. The summed E-state index contributed by atoms with van der Waals surface area (Å²) in [5.74, 6) is 1.67. The fourth-order valence-corrected chi connectivity index (χ4v) is 2.39. The van der Waals surface area contributed by atoms with E-state index in [1.54, 1.807) is 12.1 Å². The highest BCUT2D eigenvalue weighted by Gasteiger charge is 2.22. The number of ether oxygens (including phenoxy) is 1. The molecule has 0 aliphatic carbocycles. The zero-order valence-corrected chi connectivity index (χ0v) is 9.47. The van der Waals surface area contributed by atoms with Crippen molar-refractivity contribution in [3.8, 4) is 11.5 Å². The molecule has 1 atom stereocenters. The number of rotatable bonds is 1. The number of phenolic OH excluding ortho intramolecular Hbond substituents is 1. The van der Waals surface area contributed by atoms with Gasteiger partial charge >= 0.3 is 0 Å². The molecule has 17 heavy (non-hydrogen) atoms. The molecule has 1 aliphatic heterocycles. The topological polar surface area (TPSA) is 29.5 Å². The van der Waals surface area contributed by atoms with Crippen molar-refractivity contribution in [1.82, 2.24) is 0 Å². The molecule has 1 heterocycles. The van der Waals surface area contributed by atoms with Gasteiger partial charge in [-0.15, -0.1) is 0 Å². The number of hydrogen-bond acceptors (Lipinski definition) is 2. The predicted molar refractivity (Wildman–Crippen MR) is 66.5 cm³/mol. The van der Waals surface area contributed by atoms with E-state index in [-0.39, 0.29) is 0 Å². The lowest BCUT2D eigenvalue weighted by Crippen LogP contribution is -2.14. The van der Waals surface area contributed by atoms with E-state index in [2.05, 4.69) is 6.07 Å². The molecule has 0 amide bonds. The summed E-state index contributed by atoms with van der Waals surface area (Å²) in [6, 6.07) is 15.6. The van der Waals surface area contributed by atoms with E-state index in [0.29, 0.717) is 11.7 Å². The lowest BCUT2D eigenvalue weighted by Gasteiger charge is -2.26. The van der Waals surface area contributed by atoms with E-state index in [0.717, 1.165) is 18.8 Å². The van der Waals surface area contributed by atoms with Gasteiger partial charge in [0.15, 0.2) is 0 Å². The molecule has 0 spiro atoms. The number of fused-ring (bicyclic) bond motifs is 1. The molecule has 1 aliphatic rings. The Morgan fingerprint density at radius 3 is 2.59 bits per heavy atom. The molecule has 0 radical (unpaired) electrons. The third-order valence-corrected chi connectivity index (χ3v) is 3.25. The van der Waals surface area contributed by atoms with Crippen LogP contribution in [0.3, 0.4) is 0 Å². The molecule has 2 heteroatoms. The molecule has 1 N–H and O–H groups in total. The fraction of sp³-hybridized carbons (Fsp3) is 0.200. The van der Waals surface area contributed by atoms with Gasteiger partial charge in [0.25, 0.3) is 0 Å². The molecule has 0 saturated heterocycles. The summed E-state index contributed by atoms with van der Waals surface area (Å²) in [7, 11) is 0. The summed E-state index contributed by atoms with van der Waals surface area (Å²) in [5.41, 5.74) is 2.47. The first-order valence-corrected chi connectivity index (χ1v) is 5.85. The Balaban J connectivity index is 2.03. The molecule has 2 nitrogen and oxygen atoms in total. The molecule has 0 fully saturated rings. The van der Waals surface area contributed by atoms with Crippen molar-refractivity contribution in [1.29, 1.82) is 0 Å². The quantitative estimate of drug-likeness (QED) is 0.808. The molecule has 3 rings (SSSR count). The molecule has 0 aromatic heterocycles. The summed E-state index contributed by atoms with van der Waals surface area (Å²) in [4.78, 5) is 0. The SMILES string of the molecule is Oc1ccc(C2CCOc3ccccc32)cc1. The van der Waals surface area contributed by atoms with Gasteiger partial charge in [0.1, 0.15) is 11.5 Å². The molecule has 2 aromatic carbocycles. The molecule has 1 unspecified atom stereocenters. The fourth-order valence-electron chi connectivity index (χ4n) is 2.39. The minimum Gasteiger partial charge on any atom is -0.508 e. The zero-order chi connectivity index (χ0) is 11.7. The monoisotopic (exact) mass is 226 g/mol. The van der Waals surface area contributed by atoms with Crippen molar-refractivity contribution in [2.45, 2.75) is 12.3 Å². The van der Waals surface area contributed by atoms with Crippen LogP contribution < -0.4 is 4.74 Å². The Hall–Kier alpha value is -1.96. The van der Waals surface area contributed by atoms with Gasteiger partial charge in [-0.25, -0.2) is 0 Å². The van der Waals surface area contributed by atoms with E-state index in [1.165, 1.54) is 11.1 Å². The standard InChI is InChI=1S/C15H14O2/c16-12-7-5-11(6-8-12)13-9-10-17-15-4-2-1-3-14(13)15/h1-8,13,16H,9-10H2. The lowest BCUT2D eigenvalue weighted by atomic mass is 9.87. The first-order chi connectivity index (χ1) is 8.34. The lowest BCUT2D eigenvalue weighted by molar-refractivity contribution is 0.277. The highest BCUT2D eigenvalue weighted by molar-refractivity contribution is 5.44. The summed E-state index contributed by atoms with van der Waals surface area (Å²) in [6.45, 7) is 0.753. The van der Waals surface area contributed by atoms with Crippen LogP contribution in [0.2, 0.25) is 0 Å². The Bertz CT molecular complexity index is 517. The second-order valence-corrected chi connectivity index (χ2v) is 4.32. The number of phenols is 1. The first-order valence-electron chi connectivity index (χ1n) is 5.85. The number of benzene rings is 2. The summed E-state index contributed by atoms with van der Waals surface area (Å²) < 4.78 is 5.65. The molecule has 0 saturated carbocycles. The van der Waals surface area contributed by atoms with Crippen LogP contribution >= 0.6 is 0 Å². The van der Waals surface area contributed by atoms with E-state index in [1.807, 2.05) is 30.3 Å². The summed E-state index contributed by atoms with van der Waals surface area (Å²) in [6.07, 6.45) is 0.988. The van der Waals surface area contributed by atoms with Crippen LogP contribution in [0.4, 0.5) is 0 Å². The Morgan fingerprint density at radius 1 is 1.00 bits per heavy atom. The third kappa shape index (κ3) is 1.86. The van der Waals surface area contributed by atoms with Crippen molar-refractivity contribution >= 4 is 0 Å². The van der Waals surface area contributed by atoms with Crippen LogP contribution in [0.5, 0.6) is 11.5 Å². The smallest absolute Gasteiger partial charge is 0.123 e. The zero-order valence-electron chi connectivity index (χ0n) is 9.47. The van der Waals surface area contributed by atoms with E-state index >= 15 is 0 Å². The minimum atomic E-state index is 0.314. The number of para-hydroxylation sites is 1. The van der Waals surface area contributed by atoms with Gasteiger partial charge in [-0.05, 0) is 30.2 Å². The maximum absolute atomic E-state index is 9.33. The van der Waals surface area contributed by atoms with E-state index in [4.69, 9.17) is 4.74 Å². The first kappa shape index (κ1) is 10.2. The predicted octanol–water partition coefficient (Wildman–Crippen LogP) is 3.31. The number of aromatic hydroxyl groups is 1. The van der Waals surface area contributed by atoms with Crippen molar-refractivity contribution in [2.75, 3.05) is 6.61 Å². The van der Waals surface area contributed by atoms with Crippen molar-refractivity contribution in [2.24, 2.45) is 0 Å². The van der Waals surface area contributed by atoms with Crippen molar-refractivity contribution < 1.29 is 9.84 Å². The van der Waals surface area contributed by atoms with Crippen LogP contribution in [0.25, 0.3) is 0 Å². The van der Waals surface area contributed by atoms with Gasteiger partial charge in [0.2, 0.25) is 0 Å². The highest BCUT2D eigenvalue weighted by atomic mass is 16.5. The van der Waals surface area contributed by atoms with E-state index < -0.39 is 0 Å². The molecule has 86 valence electrons. The van der Waals surface area contributed by atoms with Crippen LogP contribution in [-0.2, 0) is 0 Å². The van der Waals surface area contributed by atoms with Gasteiger partial charge in [0, 0.05) is 11.5 Å². The maximum Gasteiger partial charge on any atom is 0.123 e. The molecule has 2 aromatic rings. The third-order valence-electron chi connectivity index (χ3n) is 3.25. The molecule has 0 bridgehead atoms. The largest absolute Gasteiger partial charge is 0.508 e. The highest BCUT2D eigenvalue weighted by Crippen LogP contribution is 2.38. The minimum absolute atomic E-state index is 0.314. The second-order valence-electron chi connectivity index (χ2n) is 4.32. The normalized spacial score (nSPS) is 18.2. The van der Waals surface area contributed by atoms with Crippen LogP contribution in [0, 0.1) is 0 Å². The molecular formula is C15H14O2.